The first-order valence-corrected chi connectivity index (χ1v) is 11.2. The molecule has 0 aliphatic rings. The van der Waals surface area contributed by atoms with Crippen molar-refractivity contribution in [1.29, 1.82) is 0 Å². The van der Waals surface area contributed by atoms with Crippen LogP contribution in [0.2, 0.25) is 0 Å². The van der Waals surface area contributed by atoms with Crippen molar-refractivity contribution >= 4 is 43.4 Å². The van der Waals surface area contributed by atoms with Crippen molar-refractivity contribution in [2.45, 2.75) is 57.6 Å². The van der Waals surface area contributed by atoms with Gasteiger partial charge in [0.1, 0.15) is 5.82 Å². The van der Waals surface area contributed by atoms with Crippen LogP contribution >= 0.6 is 15.9 Å². The lowest BCUT2D eigenvalue weighted by atomic mass is 10.00. The average Bonchev–Trinajstić information content (AvgIpc) is 2.55. The molecule has 154 valence electrons. The number of halogens is 1. The Morgan fingerprint density at radius 2 is 1.86 bits per heavy atom. The SMILES string of the molecule is Cc1cc(Nc2ncc(Br)c(N[C@H](C)[C@@H](C)O)n2)cc(C(C)C)c1S(N)(=O)=O. The third-order valence-corrected chi connectivity index (χ3v) is 6.01. The van der Waals surface area contributed by atoms with E-state index in [1.54, 1.807) is 32.2 Å². The summed E-state index contributed by atoms with van der Waals surface area (Å²) in [4.78, 5) is 8.83. The molecule has 0 radical (unpaired) electrons. The molecule has 2 rings (SSSR count). The minimum Gasteiger partial charge on any atom is -0.391 e. The Morgan fingerprint density at radius 1 is 1.21 bits per heavy atom. The maximum absolute atomic E-state index is 12.0. The molecule has 0 amide bonds. The highest BCUT2D eigenvalue weighted by Gasteiger charge is 2.20. The summed E-state index contributed by atoms with van der Waals surface area (Å²) >= 11 is 3.39. The molecule has 0 bridgehead atoms. The highest BCUT2D eigenvalue weighted by molar-refractivity contribution is 9.10. The number of nitrogens with two attached hydrogens (primary N) is 1. The molecule has 0 aliphatic carbocycles. The van der Waals surface area contributed by atoms with Crippen molar-refractivity contribution < 1.29 is 13.5 Å². The van der Waals surface area contributed by atoms with Crippen molar-refractivity contribution in [2.24, 2.45) is 5.14 Å². The van der Waals surface area contributed by atoms with Crippen LogP contribution in [0.3, 0.4) is 0 Å². The second-order valence-corrected chi connectivity index (χ2v) is 9.45. The summed E-state index contributed by atoms with van der Waals surface area (Å²) in [6.07, 6.45) is 1.04. The Hall–Kier alpha value is -1.75. The smallest absolute Gasteiger partial charge is 0.238 e. The Kier molecular flexibility index (Phi) is 7.02. The monoisotopic (exact) mass is 471 g/mol. The summed E-state index contributed by atoms with van der Waals surface area (Å²) in [6.45, 7) is 9.05. The molecule has 10 heteroatoms. The largest absolute Gasteiger partial charge is 0.391 e. The number of aliphatic hydroxyl groups excluding tert-OH is 1. The first-order chi connectivity index (χ1) is 12.9. The molecule has 1 aromatic carbocycles. The van der Waals surface area contributed by atoms with E-state index in [9.17, 15) is 13.5 Å². The van der Waals surface area contributed by atoms with E-state index in [0.717, 1.165) is 0 Å². The molecule has 8 nitrogen and oxygen atoms in total. The third-order valence-electron chi connectivity index (χ3n) is 4.30. The highest BCUT2D eigenvalue weighted by Crippen LogP contribution is 2.31. The summed E-state index contributed by atoms with van der Waals surface area (Å²) < 4.78 is 24.6. The fourth-order valence-electron chi connectivity index (χ4n) is 2.68. The molecule has 1 aromatic heterocycles. The molecule has 28 heavy (non-hydrogen) atoms. The fraction of sp³-hybridized carbons (Fsp3) is 0.444. The topological polar surface area (TPSA) is 130 Å². The van der Waals surface area contributed by atoms with Gasteiger partial charge in [-0.15, -0.1) is 0 Å². The van der Waals surface area contributed by atoms with Crippen LogP contribution in [-0.2, 0) is 10.0 Å². The quantitative estimate of drug-likeness (QED) is 0.487. The number of sulfonamides is 1. The van der Waals surface area contributed by atoms with E-state index >= 15 is 0 Å². The van der Waals surface area contributed by atoms with E-state index in [1.807, 2.05) is 20.8 Å². The van der Waals surface area contributed by atoms with E-state index in [2.05, 4.69) is 36.5 Å². The summed E-state index contributed by atoms with van der Waals surface area (Å²) in [5, 5.41) is 21.3. The van der Waals surface area contributed by atoms with Gasteiger partial charge in [0.05, 0.1) is 21.5 Å². The standard InChI is InChI=1S/C18H26BrN5O3S/c1-9(2)14-7-13(6-10(3)16(14)28(20,26)27)23-18-21-8-15(19)17(24-18)22-11(4)12(5)25/h6-9,11-12,25H,1-5H3,(H2,20,26,27)(H2,21,22,23,24)/t11-,12-/m1/s1. The summed E-state index contributed by atoms with van der Waals surface area (Å²) in [6, 6.07) is 3.24. The molecule has 0 saturated carbocycles. The zero-order valence-electron chi connectivity index (χ0n) is 16.5. The minimum atomic E-state index is -3.83. The second-order valence-electron chi connectivity index (χ2n) is 7.10. The van der Waals surface area contributed by atoms with E-state index < -0.39 is 16.1 Å². The number of nitrogens with zero attached hydrogens (tertiary/aromatic N) is 2. The maximum Gasteiger partial charge on any atom is 0.238 e. The molecule has 2 aromatic rings. The van der Waals surface area contributed by atoms with Crippen molar-refractivity contribution in [1.82, 2.24) is 9.97 Å². The number of aromatic nitrogens is 2. The number of hydrogen-bond donors (Lipinski definition) is 4. The molecule has 0 saturated heterocycles. The van der Waals surface area contributed by atoms with Gasteiger partial charge in [0.2, 0.25) is 16.0 Å². The van der Waals surface area contributed by atoms with Gasteiger partial charge in [0, 0.05) is 11.9 Å². The van der Waals surface area contributed by atoms with Gasteiger partial charge in [-0.25, -0.2) is 18.5 Å². The van der Waals surface area contributed by atoms with Crippen LogP contribution in [0.4, 0.5) is 17.5 Å². The van der Waals surface area contributed by atoms with E-state index in [4.69, 9.17) is 5.14 Å². The van der Waals surface area contributed by atoms with Gasteiger partial charge in [0.15, 0.2) is 0 Å². The Balaban J connectivity index is 2.41. The van der Waals surface area contributed by atoms with Crippen LogP contribution in [0.1, 0.15) is 44.7 Å². The third kappa shape index (κ3) is 5.40. The van der Waals surface area contributed by atoms with Gasteiger partial charge in [-0.2, -0.15) is 4.98 Å². The first kappa shape index (κ1) is 22.5. The van der Waals surface area contributed by atoms with Gasteiger partial charge in [-0.3, -0.25) is 0 Å². The van der Waals surface area contributed by atoms with E-state index in [1.165, 1.54) is 0 Å². The van der Waals surface area contributed by atoms with E-state index in [0.29, 0.717) is 33.1 Å². The second kappa shape index (κ2) is 8.73. The Labute approximate surface area is 174 Å². The minimum absolute atomic E-state index is 0.0382. The average molecular weight is 472 g/mol. The number of aliphatic hydroxyl groups is 1. The van der Waals surface area contributed by atoms with Gasteiger partial charge < -0.3 is 15.7 Å². The number of nitrogens with one attached hydrogen (secondary N) is 2. The first-order valence-electron chi connectivity index (χ1n) is 8.81. The molecular weight excluding hydrogens is 446 g/mol. The molecule has 0 aliphatic heterocycles. The lowest BCUT2D eigenvalue weighted by molar-refractivity contribution is 0.177. The number of primary sulfonamides is 1. The van der Waals surface area contributed by atoms with Crippen LogP contribution in [0.25, 0.3) is 0 Å². The molecule has 2 atom stereocenters. The van der Waals surface area contributed by atoms with Crippen molar-refractivity contribution in [3.05, 3.63) is 33.9 Å². The van der Waals surface area contributed by atoms with Gasteiger partial charge in [-0.05, 0) is 65.9 Å². The molecule has 1 heterocycles. The van der Waals surface area contributed by atoms with Crippen LogP contribution in [0.5, 0.6) is 0 Å². The molecule has 5 N–H and O–H groups in total. The Bertz CT molecular complexity index is 964. The number of aryl methyl sites for hydroxylation is 1. The van der Waals surface area contributed by atoms with Crippen LogP contribution in [-0.4, -0.2) is 35.6 Å². The number of benzene rings is 1. The Morgan fingerprint density at radius 3 is 2.39 bits per heavy atom. The van der Waals surface area contributed by atoms with Gasteiger partial charge >= 0.3 is 0 Å². The number of anilines is 3. The predicted molar refractivity (Wildman–Crippen MR) is 114 cm³/mol. The van der Waals surface area contributed by atoms with Crippen molar-refractivity contribution in [3.63, 3.8) is 0 Å². The van der Waals surface area contributed by atoms with Gasteiger partial charge in [0.25, 0.3) is 0 Å². The molecular formula is C18H26BrN5O3S. The fourth-order valence-corrected chi connectivity index (χ4v) is 4.12. The summed E-state index contributed by atoms with van der Waals surface area (Å²) in [7, 11) is -3.83. The van der Waals surface area contributed by atoms with Crippen LogP contribution < -0.4 is 15.8 Å². The zero-order chi connectivity index (χ0) is 21.2. The van der Waals surface area contributed by atoms with Gasteiger partial charge in [-0.1, -0.05) is 13.8 Å². The number of rotatable bonds is 7. The predicted octanol–water partition coefficient (Wildman–Crippen LogP) is 3.24. The molecule has 0 spiro atoms. The number of hydrogen-bond acceptors (Lipinski definition) is 7. The van der Waals surface area contributed by atoms with Crippen LogP contribution in [0, 0.1) is 6.92 Å². The lowest BCUT2D eigenvalue weighted by Crippen LogP contribution is -2.28. The lowest BCUT2D eigenvalue weighted by Gasteiger charge is -2.19. The molecule has 0 fully saturated rings. The highest BCUT2D eigenvalue weighted by atomic mass is 79.9. The van der Waals surface area contributed by atoms with Crippen molar-refractivity contribution in [2.75, 3.05) is 10.6 Å². The van der Waals surface area contributed by atoms with Crippen molar-refractivity contribution in [3.8, 4) is 0 Å². The summed E-state index contributed by atoms with van der Waals surface area (Å²) in [5.41, 5.74) is 1.84. The zero-order valence-corrected chi connectivity index (χ0v) is 18.9. The maximum atomic E-state index is 12.0. The summed E-state index contributed by atoms with van der Waals surface area (Å²) in [5.74, 6) is 0.831. The van der Waals surface area contributed by atoms with Crippen LogP contribution in [0.15, 0.2) is 27.7 Å². The molecule has 0 unspecified atom stereocenters. The normalized spacial score (nSPS) is 14.0. The van der Waals surface area contributed by atoms with E-state index in [-0.39, 0.29) is 16.9 Å².